The molecule has 70 valence electrons. The van der Waals surface area contributed by atoms with Gasteiger partial charge in [0.15, 0.2) is 0 Å². The van der Waals surface area contributed by atoms with Crippen molar-refractivity contribution in [2.45, 2.75) is 23.0 Å². The van der Waals surface area contributed by atoms with Crippen LogP contribution < -0.4 is 0 Å². The fraction of sp³-hybridized carbons (Fsp3) is 0.231. The summed E-state index contributed by atoms with van der Waals surface area (Å²) in [5.74, 6) is 0.612. The number of hydrogen-bond acceptors (Lipinski definition) is 1. The molecule has 0 nitrogen and oxygen atoms in total. The molecule has 0 fully saturated rings. The van der Waals surface area contributed by atoms with Gasteiger partial charge in [-0.25, -0.2) is 0 Å². The van der Waals surface area contributed by atoms with Gasteiger partial charge in [-0.05, 0) is 24.1 Å². The predicted molar refractivity (Wildman–Crippen MR) is 61.8 cm³/mol. The highest BCUT2D eigenvalue weighted by atomic mass is 32.2. The molecular weight excluding hydrogens is 188 g/mol. The molecule has 0 bridgehead atoms. The summed E-state index contributed by atoms with van der Waals surface area (Å²) >= 11 is 2.00. The Bertz CT molecular complexity index is 429. The lowest BCUT2D eigenvalue weighted by molar-refractivity contribution is 0.870. The first kappa shape index (κ1) is 8.37. The lowest BCUT2D eigenvalue weighted by Crippen LogP contribution is -2.07. The summed E-state index contributed by atoms with van der Waals surface area (Å²) in [7, 11) is 0. The third kappa shape index (κ3) is 1.09. The van der Waals surface area contributed by atoms with Crippen LogP contribution in [0.25, 0.3) is 0 Å². The van der Waals surface area contributed by atoms with Crippen molar-refractivity contribution in [1.29, 1.82) is 0 Å². The van der Waals surface area contributed by atoms with Crippen LogP contribution in [0, 0.1) is 6.92 Å². The Balaban J connectivity index is 2.17. The van der Waals surface area contributed by atoms with E-state index in [-0.39, 0.29) is 0 Å². The maximum atomic E-state index is 2.33. The van der Waals surface area contributed by atoms with Crippen molar-refractivity contribution in [1.82, 2.24) is 0 Å². The SMILES string of the molecule is Cc1cccc2c1C1C=CC=CC1S2. The van der Waals surface area contributed by atoms with Crippen LogP contribution in [0.2, 0.25) is 0 Å². The number of rotatable bonds is 0. The lowest BCUT2D eigenvalue weighted by atomic mass is 9.90. The summed E-state index contributed by atoms with van der Waals surface area (Å²) in [6.45, 7) is 2.22. The summed E-state index contributed by atoms with van der Waals surface area (Å²) in [6.07, 6.45) is 8.98. The monoisotopic (exact) mass is 200 g/mol. The maximum absolute atomic E-state index is 2.33. The molecule has 2 atom stereocenters. The van der Waals surface area contributed by atoms with E-state index < -0.39 is 0 Å². The van der Waals surface area contributed by atoms with E-state index in [1.54, 1.807) is 5.56 Å². The molecule has 1 aliphatic heterocycles. The van der Waals surface area contributed by atoms with E-state index >= 15 is 0 Å². The van der Waals surface area contributed by atoms with Gasteiger partial charge in [0.05, 0.1) is 0 Å². The van der Waals surface area contributed by atoms with E-state index in [1.807, 2.05) is 11.8 Å². The van der Waals surface area contributed by atoms with Crippen LogP contribution in [0.3, 0.4) is 0 Å². The number of hydrogen-bond donors (Lipinski definition) is 0. The Morgan fingerprint density at radius 3 is 2.93 bits per heavy atom. The molecule has 0 N–H and O–H groups in total. The Labute approximate surface area is 88.7 Å². The highest BCUT2D eigenvalue weighted by Crippen LogP contribution is 2.48. The first-order valence-corrected chi connectivity index (χ1v) is 5.85. The van der Waals surface area contributed by atoms with Crippen LogP contribution in [-0.4, -0.2) is 5.25 Å². The minimum Gasteiger partial charge on any atom is -0.117 e. The first-order valence-electron chi connectivity index (χ1n) is 4.97. The Kier molecular flexibility index (Phi) is 1.81. The number of fused-ring (bicyclic) bond motifs is 3. The maximum Gasteiger partial charge on any atom is 0.0381 e. The normalized spacial score (nSPS) is 27.5. The first-order chi connectivity index (χ1) is 6.86. The average molecular weight is 200 g/mol. The zero-order valence-electron chi connectivity index (χ0n) is 8.10. The van der Waals surface area contributed by atoms with Gasteiger partial charge in [0, 0.05) is 16.1 Å². The van der Waals surface area contributed by atoms with Crippen molar-refractivity contribution >= 4 is 11.8 Å². The highest BCUT2D eigenvalue weighted by molar-refractivity contribution is 8.00. The van der Waals surface area contributed by atoms with E-state index in [0.29, 0.717) is 11.2 Å². The molecule has 1 aliphatic carbocycles. The quantitative estimate of drug-likeness (QED) is 0.615. The second kappa shape index (κ2) is 3.03. The van der Waals surface area contributed by atoms with Crippen LogP contribution in [0.15, 0.2) is 47.4 Å². The van der Waals surface area contributed by atoms with E-state index in [2.05, 4.69) is 49.4 Å². The van der Waals surface area contributed by atoms with Gasteiger partial charge in [0.2, 0.25) is 0 Å². The Morgan fingerprint density at radius 2 is 2.00 bits per heavy atom. The van der Waals surface area contributed by atoms with Gasteiger partial charge in [0.25, 0.3) is 0 Å². The molecule has 1 heteroatoms. The smallest absolute Gasteiger partial charge is 0.0381 e. The van der Waals surface area contributed by atoms with Crippen molar-refractivity contribution in [2.24, 2.45) is 0 Å². The van der Waals surface area contributed by atoms with Crippen LogP contribution in [0.5, 0.6) is 0 Å². The van der Waals surface area contributed by atoms with Gasteiger partial charge in [-0.3, -0.25) is 0 Å². The fourth-order valence-electron chi connectivity index (χ4n) is 2.29. The predicted octanol–water partition coefficient (Wildman–Crippen LogP) is 3.68. The molecule has 0 amide bonds. The largest absolute Gasteiger partial charge is 0.117 e. The van der Waals surface area contributed by atoms with Crippen LogP contribution >= 0.6 is 11.8 Å². The standard InChI is InChI=1S/C13H12S/c1-9-5-4-8-12-13(9)10-6-2-3-7-11(10)14-12/h2-8,10-11H,1H3. The van der Waals surface area contributed by atoms with Gasteiger partial charge < -0.3 is 0 Å². The Morgan fingerprint density at radius 1 is 1.14 bits per heavy atom. The fourth-order valence-corrected chi connectivity index (χ4v) is 3.71. The topological polar surface area (TPSA) is 0 Å². The molecule has 0 saturated heterocycles. The van der Waals surface area contributed by atoms with Gasteiger partial charge >= 0.3 is 0 Å². The van der Waals surface area contributed by atoms with Crippen molar-refractivity contribution in [3.8, 4) is 0 Å². The van der Waals surface area contributed by atoms with Crippen LogP contribution in [0.4, 0.5) is 0 Å². The number of thioether (sulfide) groups is 1. The van der Waals surface area contributed by atoms with Gasteiger partial charge in [-0.2, -0.15) is 0 Å². The van der Waals surface area contributed by atoms with Crippen molar-refractivity contribution in [3.63, 3.8) is 0 Å². The van der Waals surface area contributed by atoms with E-state index in [0.717, 1.165) is 0 Å². The molecule has 0 radical (unpaired) electrons. The molecule has 0 aromatic heterocycles. The molecule has 14 heavy (non-hydrogen) atoms. The molecule has 0 saturated carbocycles. The minimum absolute atomic E-state index is 0.612. The molecule has 0 spiro atoms. The summed E-state index contributed by atoms with van der Waals surface area (Å²) in [4.78, 5) is 1.47. The molecule has 1 aromatic rings. The molecule has 1 aromatic carbocycles. The molecule has 3 rings (SSSR count). The van der Waals surface area contributed by atoms with E-state index in [4.69, 9.17) is 0 Å². The third-order valence-corrected chi connectivity index (χ3v) is 4.30. The second-order valence-electron chi connectivity index (χ2n) is 3.86. The molecule has 2 unspecified atom stereocenters. The summed E-state index contributed by atoms with van der Waals surface area (Å²) in [6, 6.07) is 6.62. The van der Waals surface area contributed by atoms with E-state index in [9.17, 15) is 0 Å². The zero-order valence-corrected chi connectivity index (χ0v) is 8.92. The second-order valence-corrected chi connectivity index (χ2v) is 5.08. The zero-order chi connectivity index (χ0) is 9.54. The van der Waals surface area contributed by atoms with Crippen LogP contribution in [0.1, 0.15) is 17.0 Å². The minimum atomic E-state index is 0.612. The van der Waals surface area contributed by atoms with Gasteiger partial charge in [0.1, 0.15) is 0 Å². The van der Waals surface area contributed by atoms with Gasteiger partial charge in [-0.15, -0.1) is 11.8 Å². The summed E-state index contributed by atoms with van der Waals surface area (Å²) in [5, 5.41) is 0.635. The van der Waals surface area contributed by atoms with Crippen molar-refractivity contribution in [2.75, 3.05) is 0 Å². The van der Waals surface area contributed by atoms with Gasteiger partial charge in [-0.1, -0.05) is 36.4 Å². The average Bonchev–Trinajstić information content (AvgIpc) is 2.57. The number of allylic oxidation sites excluding steroid dienone is 3. The van der Waals surface area contributed by atoms with Crippen LogP contribution in [-0.2, 0) is 0 Å². The summed E-state index contributed by atoms with van der Waals surface area (Å²) < 4.78 is 0. The van der Waals surface area contributed by atoms with E-state index in [1.165, 1.54) is 10.5 Å². The Hall–Kier alpha value is -0.950. The third-order valence-electron chi connectivity index (χ3n) is 2.96. The summed E-state index contributed by atoms with van der Waals surface area (Å²) in [5.41, 5.74) is 2.98. The highest BCUT2D eigenvalue weighted by Gasteiger charge is 2.31. The number of benzene rings is 1. The molecular formula is C13H12S. The lowest BCUT2D eigenvalue weighted by Gasteiger charge is -2.15. The molecule has 1 heterocycles. The van der Waals surface area contributed by atoms with Crippen molar-refractivity contribution < 1.29 is 0 Å². The number of aryl methyl sites for hydroxylation is 1. The van der Waals surface area contributed by atoms with Crippen molar-refractivity contribution in [3.05, 3.63) is 53.6 Å². The molecule has 2 aliphatic rings.